The molecular weight excluding hydrogens is 270 g/mol. The molecule has 0 spiro atoms. The lowest BCUT2D eigenvalue weighted by Crippen LogP contribution is -2.35. The van der Waals surface area contributed by atoms with Crippen molar-refractivity contribution in [2.75, 3.05) is 0 Å². The molecule has 0 saturated carbocycles. The number of carbonyl (C=O) groups is 1. The largest absolute Gasteiger partial charge is 0.369 e. The average molecular weight is 293 g/mol. The summed E-state index contributed by atoms with van der Waals surface area (Å²) in [5, 5.41) is 0. The van der Waals surface area contributed by atoms with Crippen LogP contribution in [-0.4, -0.2) is 5.91 Å². The van der Waals surface area contributed by atoms with E-state index >= 15 is 0 Å². The average Bonchev–Trinajstić information content (AvgIpc) is 2.53. The second-order valence-corrected chi connectivity index (χ2v) is 6.58. The van der Waals surface area contributed by atoms with Gasteiger partial charge in [-0.25, -0.2) is 0 Å². The van der Waals surface area contributed by atoms with Gasteiger partial charge >= 0.3 is 0 Å². The normalized spacial score (nSPS) is 20.7. The first kappa shape index (κ1) is 14.8. The van der Waals surface area contributed by atoms with Gasteiger partial charge in [0.25, 0.3) is 0 Å². The molecule has 0 saturated heterocycles. The fourth-order valence-corrected chi connectivity index (χ4v) is 3.71. The zero-order valence-electron chi connectivity index (χ0n) is 13.3. The van der Waals surface area contributed by atoms with E-state index in [1.165, 1.54) is 22.3 Å². The summed E-state index contributed by atoms with van der Waals surface area (Å²) in [7, 11) is 0. The zero-order valence-corrected chi connectivity index (χ0v) is 13.3. The van der Waals surface area contributed by atoms with Crippen molar-refractivity contribution in [1.82, 2.24) is 0 Å². The Balaban J connectivity index is 2.07. The van der Waals surface area contributed by atoms with Gasteiger partial charge in [0.15, 0.2) is 0 Å². The summed E-state index contributed by atoms with van der Waals surface area (Å²) in [5.74, 6) is 0.334. The molecule has 2 N–H and O–H groups in total. The third-order valence-corrected chi connectivity index (χ3v) is 4.87. The van der Waals surface area contributed by atoms with Crippen molar-refractivity contribution >= 4 is 5.91 Å². The molecule has 2 nitrogen and oxygen atoms in total. The van der Waals surface area contributed by atoms with Gasteiger partial charge in [0, 0.05) is 11.8 Å². The van der Waals surface area contributed by atoms with Crippen LogP contribution in [0, 0.1) is 5.92 Å². The van der Waals surface area contributed by atoms with Crippen molar-refractivity contribution in [3.63, 3.8) is 0 Å². The van der Waals surface area contributed by atoms with Crippen LogP contribution in [-0.2, 0) is 17.6 Å². The maximum absolute atomic E-state index is 12.1. The molecule has 0 bridgehead atoms. The Morgan fingerprint density at radius 2 is 1.59 bits per heavy atom. The molecule has 0 radical (unpaired) electrons. The fraction of sp³-hybridized carbons (Fsp3) is 0.350. The molecule has 2 aromatic carbocycles. The van der Waals surface area contributed by atoms with Crippen molar-refractivity contribution in [3.8, 4) is 0 Å². The molecule has 0 aliphatic heterocycles. The zero-order chi connectivity index (χ0) is 15.7. The van der Waals surface area contributed by atoms with Crippen molar-refractivity contribution in [2.24, 2.45) is 11.7 Å². The molecular formula is C20H23NO. The SMILES string of the molecule is CC(C)c1ccccc1C1Cc2ccccc2CC1C(N)=O. The summed E-state index contributed by atoms with van der Waals surface area (Å²) < 4.78 is 0. The van der Waals surface area contributed by atoms with E-state index in [0.717, 1.165) is 12.8 Å². The van der Waals surface area contributed by atoms with Gasteiger partial charge in [0.2, 0.25) is 5.91 Å². The molecule has 0 heterocycles. The summed E-state index contributed by atoms with van der Waals surface area (Å²) in [4.78, 5) is 12.1. The second-order valence-electron chi connectivity index (χ2n) is 6.58. The Morgan fingerprint density at radius 1 is 1.00 bits per heavy atom. The molecule has 2 aromatic rings. The van der Waals surface area contributed by atoms with Gasteiger partial charge in [-0.05, 0) is 41.0 Å². The topological polar surface area (TPSA) is 43.1 Å². The molecule has 2 atom stereocenters. The summed E-state index contributed by atoms with van der Waals surface area (Å²) in [6, 6.07) is 16.9. The Kier molecular flexibility index (Phi) is 4.02. The number of hydrogen-bond donors (Lipinski definition) is 1. The number of hydrogen-bond acceptors (Lipinski definition) is 1. The number of nitrogens with two attached hydrogens (primary N) is 1. The maximum atomic E-state index is 12.1. The van der Waals surface area contributed by atoms with Crippen LogP contribution in [0.25, 0.3) is 0 Å². The first-order valence-corrected chi connectivity index (χ1v) is 8.03. The van der Waals surface area contributed by atoms with Crippen LogP contribution in [0.3, 0.4) is 0 Å². The summed E-state index contributed by atoms with van der Waals surface area (Å²) in [5.41, 5.74) is 11.0. The monoisotopic (exact) mass is 293 g/mol. The maximum Gasteiger partial charge on any atom is 0.221 e. The highest BCUT2D eigenvalue weighted by atomic mass is 16.1. The Labute approximate surface area is 132 Å². The van der Waals surface area contributed by atoms with Crippen LogP contribution in [0.15, 0.2) is 48.5 Å². The summed E-state index contributed by atoms with van der Waals surface area (Å²) in [6.07, 6.45) is 1.65. The minimum absolute atomic E-state index is 0.116. The van der Waals surface area contributed by atoms with E-state index in [1.54, 1.807) is 0 Å². The predicted molar refractivity (Wildman–Crippen MR) is 89.8 cm³/mol. The van der Waals surface area contributed by atoms with Crippen LogP contribution in [0.1, 0.15) is 47.9 Å². The fourth-order valence-electron chi connectivity index (χ4n) is 3.71. The highest BCUT2D eigenvalue weighted by molar-refractivity contribution is 5.79. The molecule has 2 unspecified atom stereocenters. The van der Waals surface area contributed by atoms with Crippen LogP contribution in [0.5, 0.6) is 0 Å². The van der Waals surface area contributed by atoms with E-state index in [4.69, 9.17) is 5.73 Å². The van der Waals surface area contributed by atoms with Crippen LogP contribution >= 0.6 is 0 Å². The quantitative estimate of drug-likeness (QED) is 0.919. The minimum Gasteiger partial charge on any atom is -0.369 e. The number of rotatable bonds is 3. The number of benzene rings is 2. The number of amides is 1. The van der Waals surface area contributed by atoms with Crippen molar-refractivity contribution in [3.05, 3.63) is 70.8 Å². The summed E-state index contributed by atoms with van der Waals surface area (Å²) >= 11 is 0. The van der Waals surface area contributed by atoms with Gasteiger partial charge in [0.1, 0.15) is 0 Å². The lowest BCUT2D eigenvalue weighted by molar-refractivity contribution is -0.122. The Bertz CT molecular complexity index is 690. The van der Waals surface area contributed by atoms with Gasteiger partial charge in [-0.15, -0.1) is 0 Å². The second kappa shape index (κ2) is 5.96. The molecule has 2 heteroatoms. The first-order chi connectivity index (χ1) is 10.6. The number of carbonyl (C=O) groups excluding carboxylic acids is 1. The Hall–Kier alpha value is -2.09. The van der Waals surface area contributed by atoms with Crippen LogP contribution in [0.2, 0.25) is 0 Å². The third kappa shape index (κ3) is 2.66. The molecule has 3 rings (SSSR count). The highest BCUT2D eigenvalue weighted by Gasteiger charge is 2.34. The number of fused-ring (bicyclic) bond motifs is 1. The minimum atomic E-state index is -0.182. The molecule has 1 aliphatic rings. The first-order valence-electron chi connectivity index (χ1n) is 8.03. The van der Waals surface area contributed by atoms with E-state index in [-0.39, 0.29) is 17.7 Å². The van der Waals surface area contributed by atoms with Gasteiger partial charge in [0.05, 0.1) is 0 Å². The molecule has 22 heavy (non-hydrogen) atoms. The molecule has 0 aromatic heterocycles. The molecule has 114 valence electrons. The van der Waals surface area contributed by atoms with Gasteiger partial charge in [-0.3, -0.25) is 4.79 Å². The highest BCUT2D eigenvalue weighted by Crippen LogP contribution is 2.39. The lowest BCUT2D eigenvalue weighted by Gasteiger charge is -2.33. The molecule has 0 fully saturated rings. The van der Waals surface area contributed by atoms with E-state index in [9.17, 15) is 4.79 Å². The van der Waals surface area contributed by atoms with Gasteiger partial charge < -0.3 is 5.73 Å². The van der Waals surface area contributed by atoms with Gasteiger partial charge in [-0.2, -0.15) is 0 Å². The van der Waals surface area contributed by atoms with E-state index in [0.29, 0.717) is 5.92 Å². The molecule has 1 amide bonds. The van der Waals surface area contributed by atoms with Crippen molar-refractivity contribution in [2.45, 2.75) is 38.5 Å². The van der Waals surface area contributed by atoms with Crippen LogP contribution < -0.4 is 5.73 Å². The predicted octanol–water partition coefficient (Wildman–Crippen LogP) is 3.79. The summed E-state index contributed by atoms with van der Waals surface area (Å²) in [6.45, 7) is 4.41. The standard InChI is InChI=1S/C20H23NO/c1-13(2)16-9-5-6-10-17(16)18-11-14-7-3-4-8-15(14)12-19(18)20(21)22/h3-10,13,18-19H,11-12H2,1-2H3,(H2,21,22). The van der Waals surface area contributed by atoms with E-state index in [1.807, 2.05) is 6.07 Å². The van der Waals surface area contributed by atoms with Crippen LogP contribution in [0.4, 0.5) is 0 Å². The number of primary amides is 1. The van der Waals surface area contributed by atoms with E-state index in [2.05, 4.69) is 56.3 Å². The van der Waals surface area contributed by atoms with Gasteiger partial charge in [-0.1, -0.05) is 62.4 Å². The van der Waals surface area contributed by atoms with Crippen molar-refractivity contribution in [1.29, 1.82) is 0 Å². The smallest absolute Gasteiger partial charge is 0.221 e. The lowest BCUT2D eigenvalue weighted by atomic mass is 9.70. The third-order valence-electron chi connectivity index (χ3n) is 4.87. The Morgan fingerprint density at radius 3 is 2.23 bits per heavy atom. The molecule has 1 aliphatic carbocycles. The van der Waals surface area contributed by atoms with E-state index < -0.39 is 0 Å². The van der Waals surface area contributed by atoms with Crippen molar-refractivity contribution < 1.29 is 4.79 Å².